The molecule has 0 aliphatic heterocycles. The first-order valence-electron chi connectivity index (χ1n) is 5.08. The number of ether oxygens (including phenoxy) is 1. The smallest absolute Gasteiger partial charge is 0.123 e. The van der Waals surface area contributed by atoms with Crippen LogP contribution in [0.15, 0.2) is 24.3 Å². The van der Waals surface area contributed by atoms with Gasteiger partial charge in [-0.2, -0.15) is 0 Å². The van der Waals surface area contributed by atoms with Gasteiger partial charge in [0.25, 0.3) is 0 Å². The first-order valence-corrected chi connectivity index (χ1v) is 5.99. The van der Waals surface area contributed by atoms with E-state index in [1.807, 2.05) is 18.2 Å². The number of methoxy groups -OCH3 is 1. The Morgan fingerprint density at radius 1 is 1.40 bits per heavy atom. The Kier molecular flexibility index (Phi) is 5.12. The highest BCUT2D eigenvalue weighted by atomic mass is 79.9. The average molecular weight is 272 g/mol. The largest absolute Gasteiger partial charge is 0.496 e. The van der Waals surface area contributed by atoms with Crippen molar-refractivity contribution in [1.29, 1.82) is 0 Å². The molecule has 0 N–H and O–H groups in total. The van der Waals surface area contributed by atoms with E-state index in [9.17, 15) is 0 Å². The SMILES string of the molecule is COc1ccccc1CN(C)CC(C)Br. The van der Waals surface area contributed by atoms with Gasteiger partial charge in [0.05, 0.1) is 7.11 Å². The van der Waals surface area contributed by atoms with Crippen LogP contribution in [0.4, 0.5) is 0 Å². The maximum Gasteiger partial charge on any atom is 0.123 e. The predicted octanol–water partition coefficient (Wildman–Crippen LogP) is 2.91. The molecule has 84 valence electrons. The van der Waals surface area contributed by atoms with E-state index >= 15 is 0 Å². The summed E-state index contributed by atoms with van der Waals surface area (Å²) in [4.78, 5) is 2.79. The fourth-order valence-electron chi connectivity index (χ4n) is 1.62. The van der Waals surface area contributed by atoms with Gasteiger partial charge in [0.1, 0.15) is 5.75 Å². The minimum atomic E-state index is 0.511. The van der Waals surface area contributed by atoms with E-state index in [4.69, 9.17) is 4.74 Å². The van der Waals surface area contributed by atoms with E-state index in [2.05, 4.69) is 40.9 Å². The van der Waals surface area contributed by atoms with Crippen LogP contribution in [0, 0.1) is 0 Å². The Hall–Kier alpha value is -0.540. The molecule has 0 bridgehead atoms. The molecule has 0 radical (unpaired) electrons. The van der Waals surface area contributed by atoms with Crippen molar-refractivity contribution >= 4 is 15.9 Å². The molecule has 0 saturated heterocycles. The van der Waals surface area contributed by atoms with E-state index < -0.39 is 0 Å². The summed E-state index contributed by atoms with van der Waals surface area (Å²) in [5, 5.41) is 0. The molecule has 1 unspecified atom stereocenters. The van der Waals surface area contributed by atoms with Gasteiger partial charge in [-0.3, -0.25) is 0 Å². The molecule has 0 fully saturated rings. The number of halogens is 1. The topological polar surface area (TPSA) is 12.5 Å². The van der Waals surface area contributed by atoms with Crippen LogP contribution in [0.2, 0.25) is 0 Å². The van der Waals surface area contributed by atoms with Crippen molar-refractivity contribution in [2.45, 2.75) is 18.3 Å². The van der Waals surface area contributed by atoms with Gasteiger partial charge in [-0.15, -0.1) is 0 Å². The molecular weight excluding hydrogens is 254 g/mol. The third-order valence-corrected chi connectivity index (χ3v) is 2.49. The van der Waals surface area contributed by atoms with Crippen LogP contribution in [0.1, 0.15) is 12.5 Å². The first-order chi connectivity index (χ1) is 7.13. The van der Waals surface area contributed by atoms with Crippen molar-refractivity contribution in [3.05, 3.63) is 29.8 Å². The van der Waals surface area contributed by atoms with Gasteiger partial charge in [0, 0.05) is 23.5 Å². The van der Waals surface area contributed by atoms with Crippen molar-refractivity contribution in [2.75, 3.05) is 20.7 Å². The highest BCUT2D eigenvalue weighted by Gasteiger charge is 2.07. The molecule has 0 amide bonds. The van der Waals surface area contributed by atoms with Crippen LogP contribution < -0.4 is 4.74 Å². The molecule has 1 aromatic carbocycles. The number of hydrogen-bond acceptors (Lipinski definition) is 2. The van der Waals surface area contributed by atoms with Crippen LogP contribution in [-0.2, 0) is 6.54 Å². The summed E-state index contributed by atoms with van der Waals surface area (Å²) in [6.45, 7) is 4.09. The number of alkyl halides is 1. The molecule has 15 heavy (non-hydrogen) atoms. The summed E-state index contributed by atoms with van der Waals surface area (Å²) in [7, 11) is 3.83. The lowest BCUT2D eigenvalue weighted by atomic mass is 10.2. The third-order valence-electron chi connectivity index (χ3n) is 2.20. The molecule has 1 aromatic rings. The highest BCUT2D eigenvalue weighted by molar-refractivity contribution is 9.09. The van der Waals surface area contributed by atoms with Gasteiger partial charge >= 0.3 is 0 Å². The second-order valence-corrected chi connectivity index (χ2v) is 5.35. The van der Waals surface area contributed by atoms with E-state index in [-0.39, 0.29) is 0 Å². The zero-order valence-electron chi connectivity index (χ0n) is 9.53. The molecule has 0 aliphatic rings. The highest BCUT2D eigenvalue weighted by Crippen LogP contribution is 2.18. The molecule has 0 saturated carbocycles. The van der Waals surface area contributed by atoms with Crippen LogP contribution in [0.25, 0.3) is 0 Å². The Morgan fingerprint density at radius 3 is 2.67 bits per heavy atom. The van der Waals surface area contributed by atoms with Crippen molar-refractivity contribution in [3.63, 3.8) is 0 Å². The van der Waals surface area contributed by atoms with E-state index in [0.29, 0.717) is 4.83 Å². The summed E-state index contributed by atoms with van der Waals surface area (Å²) in [6, 6.07) is 8.15. The van der Waals surface area contributed by atoms with Crippen LogP contribution in [-0.4, -0.2) is 30.4 Å². The van der Waals surface area contributed by atoms with Gasteiger partial charge in [-0.1, -0.05) is 41.1 Å². The van der Waals surface area contributed by atoms with Crippen molar-refractivity contribution in [2.24, 2.45) is 0 Å². The second-order valence-electron chi connectivity index (χ2n) is 3.79. The normalized spacial score (nSPS) is 12.9. The maximum absolute atomic E-state index is 5.31. The molecule has 0 heterocycles. The van der Waals surface area contributed by atoms with E-state index in [0.717, 1.165) is 18.8 Å². The van der Waals surface area contributed by atoms with Gasteiger partial charge in [0.15, 0.2) is 0 Å². The zero-order chi connectivity index (χ0) is 11.3. The summed E-state index contributed by atoms with van der Waals surface area (Å²) in [5.41, 5.74) is 1.23. The predicted molar refractivity (Wildman–Crippen MR) is 67.7 cm³/mol. The summed E-state index contributed by atoms with van der Waals surface area (Å²) < 4.78 is 5.31. The van der Waals surface area contributed by atoms with Crippen LogP contribution >= 0.6 is 15.9 Å². The molecule has 0 spiro atoms. The van der Waals surface area contributed by atoms with Crippen LogP contribution in [0.3, 0.4) is 0 Å². The Labute approximate surface area is 100 Å². The van der Waals surface area contributed by atoms with Gasteiger partial charge in [-0.05, 0) is 13.1 Å². The van der Waals surface area contributed by atoms with Gasteiger partial charge in [0.2, 0.25) is 0 Å². The zero-order valence-corrected chi connectivity index (χ0v) is 11.1. The lowest BCUT2D eigenvalue weighted by molar-refractivity contribution is 0.322. The first kappa shape index (κ1) is 12.5. The summed E-state index contributed by atoms with van der Waals surface area (Å²) in [5.74, 6) is 0.964. The minimum absolute atomic E-state index is 0.511. The van der Waals surface area contributed by atoms with Crippen molar-refractivity contribution in [3.8, 4) is 5.75 Å². The monoisotopic (exact) mass is 271 g/mol. The summed E-state index contributed by atoms with van der Waals surface area (Å²) >= 11 is 3.55. The summed E-state index contributed by atoms with van der Waals surface area (Å²) in [6.07, 6.45) is 0. The molecular formula is C12H18BrNO. The number of para-hydroxylation sites is 1. The van der Waals surface area contributed by atoms with E-state index in [1.54, 1.807) is 7.11 Å². The fraction of sp³-hybridized carbons (Fsp3) is 0.500. The van der Waals surface area contributed by atoms with E-state index in [1.165, 1.54) is 5.56 Å². The van der Waals surface area contributed by atoms with Gasteiger partial charge < -0.3 is 9.64 Å². The molecule has 0 aliphatic carbocycles. The lowest BCUT2D eigenvalue weighted by Gasteiger charge is -2.19. The Bertz CT molecular complexity index is 301. The fourth-order valence-corrected chi connectivity index (χ4v) is 2.11. The second kappa shape index (κ2) is 6.13. The Morgan fingerprint density at radius 2 is 2.07 bits per heavy atom. The number of rotatable bonds is 5. The molecule has 3 heteroatoms. The van der Waals surface area contributed by atoms with Gasteiger partial charge in [-0.25, -0.2) is 0 Å². The maximum atomic E-state index is 5.31. The van der Waals surface area contributed by atoms with Crippen molar-refractivity contribution in [1.82, 2.24) is 4.90 Å². The Balaban J connectivity index is 2.63. The number of nitrogens with zero attached hydrogens (tertiary/aromatic N) is 1. The molecule has 0 aromatic heterocycles. The quantitative estimate of drug-likeness (QED) is 0.764. The average Bonchev–Trinajstić information content (AvgIpc) is 2.17. The molecule has 2 nitrogen and oxygen atoms in total. The minimum Gasteiger partial charge on any atom is -0.496 e. The number of hydrogen-bond donors (Lipinski definition) is 0. The molecule has 1 atom stereocenters. The standard InChI is InChI=1S/C12H18BrNO/c1-10(13)8-14(2)9-11-6-4-5-7-12(11)15-3/h4-7,10H,8-9H2,1-3H3. The third kappa shape index (κ3) is 4.22. The lowest BCUT2D eigenvalue weighted by Crippen LogP contribution is -2.24. The number of benzene rings is 1. The van der Waals surface area contributed by atoms with Crippen molar-refractivity contribution < 1.29 is 4.74 Å². The molecule has 1 rings (SSSR count). The van der Waals surface area contributed by atoms with Crippen LogP contribution in [0.5, 0.6) is 5.75 Å².